The molecular weight excluding hydrogens is 226 g/mol. The summed E-state index contributed by atoms with van der Waals surface area (Å²) in [7, 11) is 0. The number of fused-ring (bicyclic) bond motifs is 1. The van der Waals surface area contributed by atoms with Crippen LogP contribution in [0.25, 0.3) is 0 Å². The SMILES string of the molecule is OC1CCCCC1N1CCOc2ccccc2C1. The molecule has 1 aliphatic heterocycles. The summed E-state index contributed by atoms with van der Waals surface area (Å²) in [6.45, 7) is 2.54. The zero-order valence-electron chi connectivity index (χ0n) is 10.7. The van der Waals surface area contributed by atoms with Gasteiger partial charge in [0.05, 0.1) is 6.10 Å². The Hall–Kier alpha value is -1.06. The molecule has 3 nitrogen and oxygen atoms in total. The molecule has 3 rings (SSSR count). The van der Waals surface area contributed by atoms with Gasteiger partial charge in [0.25, 0.3) is 0 Å². The molecule has 0 saturated heterocycles. The van der Waals surface area contributed by atoms with Crippen molar-refractivity contribution in [1.29, 1.82) is 0 Å². The lowest BCUT2D eigenvalue weighted by molar-refractivity contribution is 0.0139. The lowest BCUT2D eigenvalue weighted by Gasteiger charge is -2.36. The van der Waals surface area contributed by atoms with Gasteiger partial charge in [-0.25, -0.2) is 0 Å². The normalized spacial score (nSPS) is 29.2. The molecule has 1 heterocycles. The molecule has 0 spiro atoms. The monoisotopic (exact) mass is 247 g/mol. The van der Waals surface area contributed by atoms with Gasteiger partial charge >= 0.3 is 0 Å². The van der Waals surface area contributed by atoms with E-state index in [1.54, 1.807) is 0 Å². The third-order valence-electron chi connectivity index (χ3n) is 4.15. The first-order chi connectivity index (χ1) is 8.84. The first-order valence-corrected chi connectivity index (χ1v) is 6.97. The molecule has 2 atom stereocenters. The highest BCUT2D eigenvalue weighted by atomic mass is 16.5. The van der Waals surface area contributed by atoms with Crippen molar-refractivity contribution in [2.45, 2.75) is 44.4 Å². The summed E-state index contributed by atoms with van der Waals surface area (Å²) in [5.41, 5.74) is 1.24. The number of rotatable bonds is 1. The Labute approximate surface area is 108 Å². The van der Waals surface area contributed by atoms with Crippen LogP contribution in [0.4, 0.5) is 0 Å². The van der Waals surface area contributed by atoms with Gasteiger partial charge in [-0.1, -0.05) is 31.0 Å². The van der Waals surface area contributed by atoms with E-state index < -0.39 is 0 Å². The van der Waals surface area contributed by atoms with Crippen LogP contribution in [0.2, 0.25) is 0 Å². The fourth-order valence-corrected chi connectivity index (χ4v) is 3.15. The zero-order valence-corrected chi connectivity index (χ0v) is 10.7. The predicted octanol–water partition coefficient (Wildman–Crippen LogP) is 2.18. The maximum Gasteiger partial charge on any atom is 0.123 e. The molecule has 98 valence electrons. The van der Waals surface area contributed by atoms with Crippen LogP contribution in [0.3, 0.4) is 0 Å². The molecule has 1 fully saturated rings. The molecule has 3 heteroatoms. The summed E-state index contributed by atoms with van der Waals surface area (Å²) in [6, 6.07) is 8.56. The minimum Gasteiger partial charge on any atom is -0.492 e. The van der Waals surface area contributed by atoms with Crippen LogP contribution in [0.15, 0.2) is 24.3 Å². The molecule has 2 aliphatic rings. The van der Waals surface area contributed by atoms with Gasteiger partial charge in [0.2, 0.25) is 0 Å². The van der Waals surface area contributed by atoms with Crippen LogP contribution in [-0.4, -0.2) is 35.3 Å². The van der Waals surface area contributed by atoms with E-state index in [2.05, 4.69) is 17.0 Å². The Morgan fingerprint density at radius 1 is 1.17 bits per heavy atom. The van der Waals surface area contributed by atoms with Crippen molar-refractivity contribution in [3.05, 3.63) is 29.8 Å². The Morgan fingerprint density at radius 3 is 2.89 bits per heavy atom. The van der Waals surface area contributed by atoms with E-state index in [1.165, 1.54) is 18.4 Å². The second-order valence-electron chi connectivity index (χ2n) is 5.35. The number of ether oxygens (including phenoxy) is 1. The Morgan fingerprint density at radius 2 is 2.00 bits per heavy atom. The van der Waals surface area contributed by atoms with Crippen molar-refractivity contribution in [1.82, 2.24) is 4.90 Å². The summed E-state index contributed by atoms with van der Waals surface area (Å²) >= 11 is 0. The summed E-state index contributed by atoms with van der Waals surface area (Å²) in [4.78, 5) is 2.40. The van der Waals surface area contributed by atoms with Crippen LogP contribution >= 0.6 is 0 Å². The average molecular weight is 247 g/mol. The van der Waals surface area contributed by atoms with Crippen LogP contribution in [-0.2, 0) is 6.54 Å². The standard InChI is InChI=1S/C15H21NO2/c17-14-7-3-2-6-13(14)16-9-10-18-15-8-4-1-5-12(15)11-16/h1,4-5,8,13-14,17H,2-3,6-7,9-11H2. The van der Waals surface area contributed by atoms with Gasteiger partial charge in [-0.3, -0.25) is 4.90 Å². The van der Waals surface area contributed by atoms with Crippen molar-refractivity contribution >= 4 is 0 Å². The maximum absolute atomic E-state index is 10.2. The molecule has 1 aromatic rings. The summed E-state index contributed by atoms with van der Waals surface area (Å²) in [5, 5.41) is 10.2. The van der Waals surface area contributed by atoms with Crippen LogP contribution in [0.1, 0.15) is 31.2 Å². The predicted molar refractivity (Wildman–Crippen MR) is 70.6 cm³/mol. The third kappa shape index (κ3) is 2.38. The molecule has 2 unspecified atom stereocenters. The Balaban J connectivity index is 1.78. The highest BCUT2D eigenvalue weighted by Crippen LogP contribution is 2.28. The lowest BCUT2D eigenvalue weighted by atomic mass is 9.91. The topological polar surface area (TPSA) is 32.7 Å². The summed E-state index contributed by atoms with van der Waals surface area (Å²) < 4.78 is 5.78. The number of nitrogens with zero attached hydrogens (tertiary/aromatic N) is 1. The van der Waals surface area contributed by atoms with Gasteiger partial charge < -0.3 is 9.84 Å². The van der Waals surface area contributed by atoms with Gasteiger partial charge in [0, 0.05) is 24.7 Å². The molecule has 0 amide bonds. The molecule has 1 aliphatic carbocycles. The highest BCUT2D eigenvalue weighted by molar-refractivity contribution is 5.33. The van der Waals surface area contributed by atoms with E-state index in [-0.39, 0.29) is 6.10 Å². The third-order valence-corrected chi connectivity index (χ3v) is 4.15. The summed E-state index contributed by atoms with van der Waals surface area (Å²) in [6.07, 6.45) is 4.30. The van der Waals surface area contributed by atoms with Gasteiger partial charge in [-0.05, 0) is 18.9 Å². The quantitative estimate of drug-likeness (QED) is 0.825. The van der Waals surface area contributed by atoms with Crippen molar-refractivity contribution in [3.8, 4) is 5.75 Å². The fourth-order valence-electron chi connectivity index (χ4n) is 3.15. The van der Waals surface area contributed by atoms with Crippen molar-refractivity contribution in [2.75, 3.05) is 13.2 Å². The summed E-state index contributed by atoms with van der Waals surface area (Å²) in [5.74, 6) is 1.00. The fraction of sp³-hybridized carbons (Fsp3) is 0.600. The molecule has 0 aromatic heterocycles. The highest BCUT2D eigenvalue weighted by Gasteiger charge is 2.30. The first-order valence-electron chi connectivity index (χ1n) is 6.97. The zero-order chi connectivity index (χ0) is 12.4. The van der Waals surface area contributed by atoms with Crippen LogP contribution < -0.4 is 4.74 Å². The molecule has 1 saturated carbocycles. The van der Waals surface area contributed by atoms with Crippen molar-refractivity contribution in [3.63, 3.8) is 0 Å². The van der Waals surface area contributed by atoms with E-state index >= 15 is 0 Å². The van der Waals surface area contributed by atoms with Gasteiger partial charge in [0.15, 0.2) is 0 Å². The number of hydrogen-bond acceptors (Lipinski definition) is 3. The van der Waals surface area contributed by atoms with E-state index in [0.717, 1.165) is 38.3 Å². The largest absolute Gasteiger partial charge is 0.492 e. The molecule has 0 radical (unpaired) electrons. The number of benzene rings is 1. The minimum atomic E-state index is -0.163. The molecular formula is C15H21NO2. The van der Waals surface area contributed by atoms with Gasteiger partial charge in [-0.2, -0.15) is 0 Å². The van der Waals surface area contributed by atoms with Crippen LogP contribution in [0.5, 0.6) is 5.75 Å². The Kier molecular flexibility index (Phi) is 3.52. The van der Waals surface area contributed by atoms with E-state index in [1.807, 2.05) is 12.1 Å². The molecule has 1 aromatic carbocycles. The lowest BCUT2D eigenvalue weighted by Crippen LogP contribution is -2.45. The average Bonchev–Trinajstić information content (AvgIpc) is 2.61. The number of aliphatic hydroxyl groups excluding tert-OH is 1. The van der Waals surface area contributed by atoms with Gasteiger partial charge in [0.1, 0.15) is 12.4 Å². The molecule has 18 heavy (non-hydrogen) atoms. The first kappa shape index (κ1) is 12.0. The molecule has 1 N–H and O–H groups in total. The minimum absolute atomic E-state index is 0.163. The number of aliphatic hydroxyl groups is 1. The van der Waals surface area contributed by atoms with E-state index in [4.69, 9.17) is 4.74 Å². The second-order valence-corrected chi connectivity index (χ2v) is 5.35. The van der Waals surface area contributed by atoms with E-state index in [0.29, 0.717) is 6.04 Å². The number of hydrogen-bond donors (Lipinski definition) is 1. The number of para-hydroxylation sites is 1. The van der Waals surface area contributed by atoms with Gasteiger partial charge in [-0.15, -0.1) is 0 Å². The van der Waals surface area contributed by atoms with Crippen molar-refractivity contribution in [2.24, 2.45) is 0 Å². The van der Waals surface area contributed by atoms with Crippen molar-refractivity contribution < 1.29 is 9.84 Å². The van der Waals surface area contributed by atoms with E-state index in [9.17, 15) is 5.11 Å². The van der Waals surface area contributed by atoms with Crippen LogP contribution in [0, 0.1) is 0 Å². The second kappa shape index (κ2) is 5.29. The maximum atomic E-state index is 10.2. The smallest absolute Gasteiger partial charge is 0.123 e. The Bertz CT molecular complexity index is 407. The molecule has 0 bridgehead atoms.